The second-order valence-electron chi connectivity index (χ2n) is 11.0. The highest BCUT2D eigenvalue weighted by molar-refractivity contribution is 6.28. The van der Waals surface area contributed by atoms with Crippen LogP contribution in [0, 0.1) is 0 Å². The third-order valence-electron chi connectivity index (χ3n) is 8.42. The number of nitrogens with one attached hydrogen (secondary N) is 1. The molecule has 0 saturated carbocycles. The van der Waals surface area contributed by atoms with Gasteiger partial charge in [-0.2, -0.15) is 0 Å². The van der Waals surface area contributed by atoms with Crippen LogP contribution in [0.5, 0.6) is 0 Å². The van der Waals surface area contributed by atoms with Crippen molar-refractivity contribution >= 4 is 54.1 Å². The molecule has 9 rings (SSSR count). The standard InChI is InChI=1S/C39H24N4/c1-3-11-24(12-4-1)37-41-38(25-13-5-2-6-14-25)43-39(42-37)26-19-20-29-31(21-26)27-15-7-8-16-28(27)32-22-34-30-17-9-10-18-35(30)40-36(34)23-33(29)32/h1-23,40H. The summed E-state index contributed by atoms with van der Waals surface area (Å²) in [6.45, 7) is 0. The number of hydrogen-bond acceptors (Lipinski definition) is 3. The number of fused-ring (bicyclic) bond motifs is 9. The van der Waals surface area contributed by atoms with Gasteiger partial charge in [-0.05, 0) is 56.6 Å². The molecule has 0 aliphatic heterocycles. The predicted molar refractivity (Wildman–Crippen MR) is 178 cm³/mol. The molecule has 0 aliphatic rings. The molecule has 0 fully saturated rings. The van der Waals surface area contributed by atoms with Gasteiger partial charge in [0.25, 0.3) is 0 Å². The lowest BCUT2D eigenvalue weighted by Crippen LogP contribution is -2.00. The van der Waals surface area contributed by atoms with Gasteiger partial charge in [-0.25, -0.2) is 15.0 Å². The third-order valence-corrected chi connectivity index (χ3v) is 8.42. The molecule has 0 saturated heterocycles. The fraction of sp³-hybridized carbons (Fsp3) is 0. The molecular weight excluding hydrogens is 524 g/mol. The number of para-hydroxylation sites is 1. The van der Waals surface area contributed by atoms with Gasteiger partial charge in [0.1, 0.15) is 0 Å². The average Bonchev–Trinajstić information content (AvgIpc) is 3.45. The smallest absolute Gasteiger partial charge is 0.164 e. The van der Waals surface area contributed by atoms with Crippen LogP contribution in [-0.2, 0) is 0 Å². The van der Waals surface area contributed by atoms with Gasteiger partial charge < -0.3 is 4.98 Å². The molecule has 4 nitrogen and oxygen atoms in total. The number of nitrogens with zero attached hydrogens (tertiary/aromatic N) is 3. The minimum atomic E-state index is 0.657. The van der Waals surface area contributed by atoms with Crippen LogP contribution in [0.4, 0.5) is 0 Å². The third kappa shape index (κ3) is 3.81. The Kier molecular flexibility index (Phi) is 5.16. The Hall–Kier alpha value is -5.87. The summed E-state index contributed by atoms with van der Waals surface area (Å²) in [5, 5.41) is 9.81. The molecule has 200 valence electrons. The van der Waals surface area contributed by atoms with Crippen LogP contribution in [0.25, 0.3) is 88.3 Å². The number of aromatic nitrogens is 4. The van der Waals surface area contributed by atoms with Crippen molar-refractivity contribution in [1.29, 1.82) is 0 Å². The summed E-state index contributed by atoms with van der Waals surface area (Å²) in [7, 11) is 0. The van der Waals surface area contributed by atoms with E-state index in [4.69, 9.17) is 15.0 Å². The Bertz CT molecular complexity index is 2440. The topological polar surface area (TPSA) is 54.5 Å². The lowest BCUT2D eigenvalue weighted by Gasteiger charge is -2.13. The maximum Gasteiger partial charge on any atom is 0.164 e. The largest absolute Gasteiger partial charge is 0.354 e. The quantitative estimate of drug-likeness (QED) is 0.224. The second-order valence-corrected chi connectivity index (χ2v) is 11.0. The predicted octanol–water partition coefficient (Wildman–Crippen LogP) is 9.97. The maximum atomic E-state index is 4.99. The zero-order valence-electron chi connectivity index (χ0n) is 23.1. The molecule has 0 radical (unpaired) electrons. The average molecular weight is 549 g/mol. The van der Waals surface area contributed by atoms with Crippen LogP contribution < -0.4 is 0 Å². The molecular formula is C39H24N4. The SMILES string of the molecule is c1ccc(-c2nc(-c3ccccc3)nc(-c3ccc4c(c3)c3ccccc3c3cc5c(cc43)[nH]c3ccccc35)n2)cc1. The first kappa shape index (κ1) is 23.8. The van der Waals surface area contributed by atoms with Crippen molar-refractivity contribution in [3.8, 4) is 34.2 Å². The molecule has 1 N–H and O–H groups in total. The fourth-order valence-electron chi connectivity index (χ4n) is 6.38. The first-order valence-electron chi connectivity index (χ1n) is 14.5. The molecule has 0 aliphatic carbocycles. The number of rotatable bonds is 3. The van der Waals surface area contributed by atoms with Crippen LogP contribution in [0.2, 0.25) is 0 Å². The maximum absolute atomic E-state index is 4.99. The Morgan fingerprint density at radius 1 is 0.302 bits per heavy atom. The van der Waals surface area contributed by atoms with Gasteiger partial charge in [0.15, 0.2) is 17.5 Å². The molecule has 0 unspecified atom stereocenters. The highest BCUT2D eigenvalue weighted by Crippen LogP contribution is 2.40. The molecule has 0 spiro atoms. The van der Waals surface area contributed by atoms with Gasteiger partial charge in [0.05, 0.1) is 0 Å². The molecule has 2 heterocycles. The van der Waals surface area contributed by atoms with Crippen molar-refractivity contribution in [2.45, 2.75) is 0 Å². The van der Waals surface area contributed by atoms with Gasteiger partial charge in [-0.1, -0.05) is 115 Å². The molecule has 43 heavy (non-hydrogen) atoms. The number of hydrogen-bond donors (Lipinski definition) is 1. The van der Waals surface area contributed by atoms with E-state index in [1.165, 1.54) is 43.1 Å². The van der Waals surface area contributed by atoms with Gasteiger partial charge >= 0.3 is 0 Å². The molecule has 9 aromatic rings. The van der Waals surface area contributed by atoms with Crippen LogP contribution in [0.1, 0.15) is 0 Å². The zero-order chi connectivity index (χ0) is 28.3. The van der Waals surface area contributed by atoms with Crippen molar-refractivity contribution in [2.24, 2.45) is 0 Å². The van der Waals surface area contributed by atoms with E-state index >= 15 is 0 Å². The van der Waals surface area contributed by atoms with Crippen LogP contribution >= 0.6 is 0 Å². The molecule has 0 amide bonds. The highest BCUT2D eigenvalue weighted by atomic mass is 15.0. The highest BCUT2D eigenvalue weighted by Gasteiger charge is 2.16. The van der Waals surface area contributed by atoms with Crippen LogP contribution in [-0.4, -0.2) is 19.9 Å². The lowest BCUT2D eigenvalue weighted by molar-refractivity contribution is 1.07. The van der Waals surface area contributed by atoms with Crippen molar-refractivity contribution in [2.75, 3.05) is 0 Å². The van der Waals surface area contributed by atoms with Crippen molar-refractivity contribution in [3.05, 3.63) is 140 Å². The summed E-state index contributed by atoms with van der Waals surface area (Å²) in [5.74, 6) is 1.98. The molecule has 4 heteroatoms. The summed E-state index contributed by atoms with van der Waals surface area (Å²) in [4.78, 5) is 18.5. The first-order chi connectivity index (χ1) is 21.3. The molecule has 0 atom stereocenters. The van der Waals surface area contributed by atoms with Gasteiger partial charge in [-0.15, -0.1) is 0 Å². The molecule has 7 aromatic carbocycles. The van der Waals surface area contributed by atoms with Crippen LogP contribution in [0.3, 0.4) is 0 Å². The van der Waals surface area contributed by atoms with E-state index in [0.717, 1.165) is 27.7 Å². The van der Waals surface area contributed by atoms with Gasteiger partial charge in [0, 0.05) is 38.5 Å². The minimum Gasteiger partial charge on any atom is -0.354 e. The summed E-state index contributed by atoms with van der Waals surface area (Å²) in [5.41, 5.74) is 5.18. The molecule has 2 aromatic heterocycles. The van der Waals surface area contributed by atoms with Crippen molar-refractivity contribution in [1.82, 2.24) is 19.9 Å². The summed E-state index contributed by atoms with van der Waals surface area (Å²) in [6.07, 6.45) is 0. The van der Waals surface area contributed by atoms with E-state index in [-0.39, 0.29) is 0 Å². The number of aromatic amines is 1. The Morgan fingerprint density at radius 2 is 0.791 bits per heavy atom. The van der Waals surface area contributed by atoms with E-state index in [1.54, 1.807) is 0 Å². The van der Waals surface area contributed by atoms with E-state index in [1.807, 2.05) is 60.7 Å². The van der Waals surface area contributed by atoms with E-state index in [9.17, 15) is 0 Å². The van der Waals surface area contributed by atoms with Crippen molar-refractivity contribution in [3.63, 3.8) is 0 Å². The summed E-state index contributed by atoms with van der Waals surface area (Å²) >= 11 is 0. The zero-order valence-corrected chi connectivity index (χ0v) is 23.1. The fourth-order valence-corrected chi connectivity index (χ4v) is 6.38. The van der Waals surface area contributed by atoms with Crippen molar-refractivity contribution < 1.29 is 0 Å². The molecule has 0 bridgehead atoms. The number of benzene rings is 7. The van der Waals surface area contributed by atoms with Gasteiger partial charge in [0.2, 0.25) is 0 Å². The Labute approximate surface area is 247 Å². The Morgan fingerprint density at radius 3 is 1.44 bits per heavy atom. The van der Waals surface area contributed by atoms with Gasteiger partial charge in [-0.3, -0.25) is 0 Å². The minimum absolute atomic E-state index is 0.657. The monoisotopic (exact) mass is 548 g/mol. The van der Waals surface area contributed by atoms with E-state index in [2.05, 4.69) is 83.8 Å². The lowest BCUT2D eigenvalue weighted by atomic mass is 9.92. The van der Waals surface area contributed by atoms with Crippen LogP contribution in [0.15, 0.2) is 140 Å². The summed E-state index contributed by atoms with van der Waals surface area (Å²) in [6, 6.07) is 48.7. The first-order valence-corrected chi connectivity index (χ1v) is 14.5. The van der Waals surface area contributed by atoms with E-state index in [0.29, 0.717) is 17.5 Å². The second kappa shape index (κ2) is 9.33. The normalized spacial score (nSPS) is 11.7. The Balaban J connectivity index is 1.32. The van der Waals surface area contributed by atoms with E-state index < -0.39 is 0 Å². The summed E-state index contributed by atoms with van der Waals surface area (Å²) < 4.78 is 0. The number of H-pyrrole nitrogens is 1.